The van der Waals surface area contributed by atoms with Crippen LogP contribution in [0.15, 0.2) is 0 Å². The molecule has 0 aromatic carbocycles. The minimum absolute atomic E-state index is 0. The third-order valence-electron chi connectivity index (χ3n) is 1.70. The van der Waals surface area contributed by atoms with Gasteiger partial charge in [-0.3, -0.25) is 8.42 Å². The molecule has 1 atom stereocenters. The summed E-state index contributed by atoms with van der Waals surface area (Å²) in [5.74, 6) is 0. The summed E-state index contributed by atoms with van der Waals surface area (Å²) in [5, 5.41) is 0. The van der Waals surface area contributed by atoms with Crippen LogP contribution >= 0.6 is 0 Å². The van der Waals surface area contributed by atoms with E-state index in [1.165, 1.54) is 25.7 Å². The smallest absolute Gasteiger partial charge is 0.759 e. The van der Waals surface area contributed by atoms with Gasteiger partial charge >= 0.3 is 23.1 Å². The van der Waals surface area contributed by atoms with E-state index in [9.17, 15) is 0 Å². The SMILES string of the molecule is CCCCCC(N)CC.O=S(=O)([O-])[O-].[Mg+2]. The predicted octanol–water partition coefficient (Wildman–Crippen LogP) is 0.585. The molecule has 2 N–H and O–H groups in total. The van der Waals surface area contributed by atoms with Gasteiger partial charge in [-0.2, -0.15) is 0 Å². The van der Waals surface area contributed by atoms with Crippen molar-refractivity contribution < 1.29 is 17.5 Å². The molecule has 7 heteroatoms. The standard InChI is InChI=1S/C8H19N.Mg.H2O4S/c1-3-5-6-7-8(9)4-2;;1-5(2,3)4/h8H,3-7,9H2,1-2H3;;(H2,1,2,3,4)/q;+2;/p-2. The molecule has 0 heterocycles. The molecule has 0 saturated carbocycles. The molecule has 88 valence electrons. The van der Waals surface area contributed by atoms with Gasteiger partial charge in [-0.1, -0.05) is 33.1 Å². The Morgan fingerprint density at radius 3 is 1.87 bits per heavy atom. The Morgan fingerprint density at radius 1 is 1.20 bits per heavy atom. The van der Waals surface area contributed by atoms with Gasteiger partial charge < -0.3 is 14.8 Å². The second-order valence-electron chi connectivity index (χ2n) is 3.07. The Kier molecular flexibility index (Phi) is 17.7. The molecule has 0 aliphatic heterocycles. The zero-order valence-electron chi connectivity index (χ0n) is 9.44. The van der Waals surface area contributed by atoms with E-state index >= 15 is 0 Å². The first kappa shape index (κ1) is 20.9. The van der Waals surface area contributed by atoms with Gasteiger partial charge in [0.1, 0.15) is 0 Å². The summed E-state index contributed by atoms with van der Waals surface area (Å²) in [6, 6.07) is 0.455. The zero-order valence-corrected chi connectivity index (χ0v) is 11.7. The normalized spacial score (nSPS) is 12.1. The molecule has 0 aromatic rings. The number of nitrogens with two attached hydrogens (primary N) is 1. The number of hydrogen-bond acceptors (Lipinski definition) is 5. The second-order valence-corrected chi connectivity index (χ2v) is 3.89. The summed E-state index contributed by atoms with van der Waals surface area (Å²) in [5.41, 5.74) is 5.71. The molecule has 0 saturated heterocycles. The van der Waals surface area contributed by atoms with Crippen molar-refractivity contribution in [1.82, 2.24) is 0 Å². The predicted molar refractivity (Wildman–Crippen MR) is 58.6 cm³/mol. The van der Waals surface area contributed by atoms with Gasteiger partial charge in [-0.05, 0) is 12.8 Å². The van der Waals surface area contributed by atoms with Crippen molar-refractivity contribution in [2.24, 2.45) is 5.73 Å². The molecular weight excluding hydrogens is 230 g/mol. The van der Waals surface area contributed by atoms with Gasteiger partial charge in [0.25, 0.3) is 0 Å². The Balaban J connectivity index is -0.000000208. The van der Waals surface area contributed by atoms with Crippen LogP contribution in [0.2, 0.25) is 0 Å². The molecule has 1 unspecified atom stereocenters. The molecule has 0 spiro atoms. The molecule has 0 radical (unpaired) electrons. The summed E-state index contributed by atoms with van der Waals surface area (Å²) >= 11 is 0. The van der Waals surface area contributed by atoms with Gasteiger partial charge in [0.05, 0.1) is 0 Å². The van der Waals surface area contributed by atoms with E-state index in [1.54, 1.807) is 0 Å². The summed E-state index contributed by atoms with van der Waals surface area (Å²) in [4.78, 5) is 0. The Bertz CT molecular complexity index is 201. The minimum atomic E-state index is -5.17. The minimum Gasteiger partial charge on any atom is -0.759 e. The van der Waals surface area contributed by atoms with Crippen LogP contribution in [0, 0.1) is 0 Å². The monoisotopic (exact) mass is 249 g/mol. The van der Waals surface area contributed by atoms with Crippen LogP contribution in [0.25, 0.3) is 0 Å². The molecule has 0 rings (SSSR count). The fourth-order valence-corrected chi connectivity index (χ4v) is 0.861. The van der Waals surface area contributed by atoms with E-state index in [0.29, 0.717) is 6.04 Å². The Labute approximate surface area is 109 Å². The maximum Gasteiger partial charge on any atom is 2.00 e. The van der Waals surface area contributed by atoms with Crippen LogP contribution in [0.1, 0.15) is 46.0 Å². The molecule has 0 amide bonds. The van der Waals surface area contributed by atoms with Crippen molar-refractivity contribution in [1.29, 1.82) is 0 Å². The zero-order chi connectivity index (χ0) is 11.6. The summed E-state index contributed by atoms with van der Waals surface area (Å²) in [6.07, 6.45) is 6.30. The van der Waals surface area contributed by atoms with Crippen molar-refractivity contribution in [3.05, 3.63) is 0 Å². The first-order chi connectivity index (χ1) is 6.31. The first-order valence-corrected chi connectivity index (χ1v) is 6.06. The van der Waals surface area contributed by atoms with Crippen LogP contribution < -0.4 is 5.73 Å². The molecule has 0 bridgehead atoms. The summed E-state index contributed by atoms with van der Waals surface area (Å²) in [6.45, 7) is 4.37. The Hall–Kier alpha value is 0.596. The molecule has 0 fully saturated rings. The second kappa shape index (κ2) is 12.7. The quantitative estimate of drug-likeness (QED) is 0.332. The van der Waals surface area contributed by atoms with E-state index in [1.807, 2.05) is 0 Å². The van der Waals surface area contributed by atoms with Gasteiger partial charge in [-0.15, -0.1) is 0 Å². The Morgan fingerprint density at radius 2 is 1.60 bits per heavy atom. The average Bonchev–Trinajstić information content (AvgIpc) is 2.01. The van der Waals surface area contributed by atoms with Crippen LogP contribution in [-0.4, -0.2) is 46.6 Å². The molecule has 15 heavy (non-hydrogen) atoms. The third kappa shape index (κ3) is 40.1. The van der Waals surface area contributed by atoms with Crippen molar-refractivity contribution in [3.8, 4) is 0 Å². The van der Waals surface area contributed by atoms with Crippen LogP contribution in [0.5, 0.6) is 0 Å². The number of unbranched alkanes of at least 4 members (excludes halogenated alkanes) is 2. The third-order valence-corrected chi connectivity index (χ3v) is 1.70. The van der Waals surface area contributed by atoms with Crippen LogP contribution in [0.3, 0.4) is 0 Å². The van der Waals surface area contributed by atoms with Gasteiger partial charge in [0, 0.05) is 16.4 Å². The van der Waals surface area contributed by atoms with Crippen molar-refractivity contribution in [2.75, 3.05) is 0 Å². The molecule has 0 aliphatic carbocycles. The van der Waals surface area contributed by atoms with Gasteiger partial charge in [0.15, 0.2) is 0 Å². The van der Waals surface area contributed by atoms with Crippen LogP contribution in [0.4, 0.5) is 0 Å². The van der Waals surface area contributed by atoms with Crippen molar-refractivity contribution >= 4 is 33.5 Å². The van der Waals surface area contributed by atoms with E-state index in [-0.39, 0.29) is 23.1 Å². The maximum absolute atomic E-state index is 8.52. The topological polar surface area (TPSA) is 106 Å². The summed E-state index contributed by atoms with van der Waals surface area (Å²) in [7, 11) is -5.17. The number of hydrogen-bond donors (Lipinski definition) is 1. The fraction of sp³-hybridized carbons (Fsp3) is 1.00. The average molecular weight is 250 g/mol. The molecular formula is C8H19MgNO4S. The maximum atomic E-state index is 8.52. The van der Waals surface area contributed by atoms with E-state index in [0.717, 1.165) is 6.42 Å². The fourth-order valence-electron chi connectivity index (χ4n) is 0.861. The molecule has 5 nitrogen and oxygen atoms in total. The van der Waals surface area contributed by atoms with E-state index < -0.39 is 10.4 Å². The van der Waals surface area contributed by atoms with E-state index in [2.05, 4.69) is 13.8 Å². The first-order valence-electron chi connectivity index (χ1n) is 4.73. The van der Waals surface area contributed by atoms with E-state index in [4.69, 9.17) is 23.3 Å². The molecule has 0 aliphatic rings. The molecule has 0 aromatic heterocycles. The largest absolute Gasteiger partial charge is 2.00 e. The number of rotatable bonds is 5. The van der Waals surface area contributed by atoms with Gasteiger partial charge in [-0.25, -0.2) is 0 Å². The van der Waals surface area contributed by atoms with Crippen molar-refractivity contribution in [2.45, 2.75) is 52.0 Å². The van der Waals surface area contributed by atoms with Gasteiger partial charge in [0.2, 0.25) is 0 Å². The van der Waals surface area contributed by atoms with Crippen molar-refractivity contribution in [3.63, 3.8) is 0 Å². The van der Waals surface area contributed by atoms with Crippen LogP contribution in [-0.2, 0) is 10.4 Å². The summed E-state index contributed by atoms with van der Waals surface area (Å²) < 4.78 is 34.1.